The minimum absolute atomic E-state index is 0.611. The van der Waals surface area contributed by atoms with E-state index in [1.165, 1.54) is 0 Å². The average Bonchev–Trinajstić information content (AvgIpc) is 2.42. The first kappa shape index (κ1) is 21.4. The molecular weight excluding hydrogens is 210 g/mol. The van der Waals surface area contributed by atoms with Crippen molar-refractivity contribution in [3.8, 4) is 0 Å². The summed E-state index contributed by atoms with van der Waals surface area (Å²) in [5.41, 5.74) is 6.41. The molecule has 0 aromatic rings. The molecule has 0 saturated carbocycles. The van der Waals surface area contributed by atoms with Crippen LogP contribution in [0.15, 0.2) is 37.0 Å². The highest BCUT2D eigenvalue weighted by Crippen LogP contribution is 1.98. The number of hydrogen-bond acceptors (Lipinski definition) is 2. The van der Waals surface area contributed by atoms with Gasteiger partial charge in [-0.2, -0.15) is 0 Å². The Morgan fingerprint density at radius 2 is 1.71 bits per heavy atom. The van der Waals surface area contributed by atoms with E-state index in [9.17, 15) is 0 Å². The van der Waals surface area contributed by atoms with E-state index in [1.54, 1.807) is 12.2 Å². The standard InChI is InChI=1S/C11H19NO.2C2H6/c1-3-7-11(4-2)10-13-9-6-5-8-12;2*1-2/h3-4,7H,1-2,5-6,8-10,12H2;2*1-2H3/b11-7+;;. The molecule has 0 heterocycles. The summed E-state index contributed by atoms with van der Waals surface area (Å²) < 4.78 is 5.40. The van der Waals surface area contributed by atoms with E-state index < -0.39 is 0 Å². The highest BCUT2D eigenvalue weighted by Gasteiger charge is 1.91. The van der Waals surface area contributed by atoms with Crippen molar-refractivity contribution in [2.24, 2.45) is 5.73 Å². The molecule has 0 radical (unpaired) electrons. The Morgan fingerprint density at radius 1 is 1.12 bits per heavy atom. The van der Waals surface area contributed by atoms with Crippen molar-refractivity contribution in [1.29, 1.82) is 0 Å². The Morgan fingerprint density at radius 3 is 2.12 bits per heavy atom. The van der Waals surface area contributed by atoms with Crippen LogP contribution in [0.2, 0.25) is 0 Å². The van der Waals surface area contributed by atoms with E-state index in [4.69, 9.17) is 10.5 Å². The molecule has 0 aliphatic carbocycles. The lowest BCUT2D eigenvalue weighted by molar-refractivity contribution is 0.154. The predicted octanol–water partition coefficient (Wildman–Crippen LogP) is 4.09. The van der Waals surface area contributed by atoms with Gasteiger partial charge < -0.3 is 10.5 Å². The van der Waals surface area contributed by atoms with E-state index in [0.717, 1.165) is 31.6 Å². The number of ether oxygens (including phenoxy) is 1. The Bertz CT molecular complexity index is 174. The molecule has 2 nitrogen and oxygen atoms in total. The van der Waals surface area contributed by atoms with Crippen LogP contribution in [0.4, 0.5) is 0 Å². The maximum Gasteiger partial charge on any atom is 0.0716 e. The lowest BCUT2D eigenvalue weighted by atomic mass is 10.2. The highest BCUT2D eigenvalue weighted by atomic mass is 16.5. The Kier molecular flexibility index (Phi) is 30.7. The van der Waals surface area contributed by atoms with Gasteiger partial charge in [0.15, 0.2) is 0 Å². The third-order valence-electron chi connectivity index (χ3n) is 1.61. The summed E-state index contributed by atoms with van der Waals surface area (Å²) in [5.74, 6) is 0. The SMILES string of the molecule is C=C/C=C(\C=C)COCCCCN.CC.CC. The van der Waals surface area contributed by atoms with Crippen molar-refractivity contribution >= 4 is 0 Å². The van der Waals surface area contributed by atoms with E-state index in [-0.39, 0.29) is 0 Å². The Balaban J connectivity index is -0.000000439. The van der Waals surface area contributed by atoms with Gasteiger partial charge in [0.25, 0.3) is 0 Å². The molecule has 0 aromatic heterocycles. The molecule has 2 heteroatoms. The molecule has 0 aliphatic heterocycles. The maximum absolute atomic E-state index is 5.40. The van der Waals surface area contributed by atoms with Crippen molar-refractivity contribution in [3.63, 3.8) is 0 Å². The molecule has 0 aromatic carbocycles. The fourth-order valence-electron chi connectivity index (χ4n) is 0.865. The smallest absolute Gasteiger partial charge is 0.0716 e. The largest absolute Gasteiger partial charge is 0.377 e. The van der Waals surface area contributed by atoms with Crippen LogP contribution in [0.25, 0.3) is 0 Å². The fourth-order valence-corrected chi connectivity index (χ4v) is 0.865. The first-order valence-corrected chi connectivity index (χ1v) is 6.57. The third kappa shape index (κ3) is 21.1. The van der Waals surface area contributed by atoms with Crippen molar-refractivity contribution in [2.45, 2.75) is 40.5 Å². The zero-order valence-electron chi connectivity index (χ0n) is 12.2. The van der Waals surface area contributed by atoms with E-state index in [2.05, 4.69) is 13.2 Å². The van der Waals surface area contributed by atoms with Gasteiger partial charge in [-0.25, -0.2) is 0 Å². The molecular formula is C15H31NO. The number of hydrogen-bond donors (Lipinski definition) is 1. The first-order chi connectivity index (χ1) is 8.35. The summed E-state index contributed by atoms with van der Waals surface area (Å²) in [5, 5.41) is 0. The summed E-state index contributed by atoms with van der Waals surface area (Å²) in [6.45, 7) is 17.4. The lowest BCUT2D eigenvalue weighted by Crippen LogP contribution is -2.03. The van der Waals surface area contributed by atoms with Gasteiger partial charge in [-0.05, 0) is 25.0 Å². The summed E-state index contributed by atoms with van der Waals surface area (Å²) in [4.78, 5) is 0. The Hall–Kier alpha value is -0.860. The topological polar surface area (TPSA) is 35.2 Å². The number of allylic oxidation sites excluding steroid dienone is 2. The number of nitrogens with two attached hydrogens (primary N) is 1. The average molecular weight is 241 g/mol. The van der Waals surface area contributed by atoms with E-state index in [0.29, 0.717) is 6.61 Å². The molecule has 102 valence electrons. The Labute approximate surface area is 108 Å². The normalized spacial score (nSPS) is 9.35. The second-order valence-corrected chi connectivity index (χ2v) is 2.73. The molecule has 0 bridgehead atoms. The van der Waals surface area contributed by atoms with Crippen molar-refractivity contribution in [3.05, 3.63) is 37.0 Å². The fraction of sp³-hybridized carbons (Fsp3) is 0.600. The molecule has 0 unspecified atom stereocenters. The third-order valence-corrected chi connectivity index (χ3v) is 1.61. The van der Waals surface area contributed by atoms with Gasteiger partial charge >= 0.3 is 0 Å². The maximum atomic E-state index is 5.40. The van der Waals surface area contributed by atoms with Crippen LogP contribution in [0.5, 0.6) is 0 Å². The zero-order valence-corrected chi connectivity index (χ0v) is 12.2. The van der Waals surface area contributed by atoms with Gasteiger partial charge in [0.05, 0.1) is 6.61 Å². The van der Waals surface area contributed by atoms with Crippen molar-refractivity contribution in [1.82, 2.24) is 0 Å². The van der Waals surface area contributed by atoms with Crippen molar-refractivity contribution < 1.29 is 4.74 Å². The molecule has 0 spiro atoms. The zero-order chi connectivity index (χ0) is 13.9. The molecule has 17 heavy (non-hydrogen) atoms. The van der Waals surface area contributed by atoms with Crippen LogP contribution in [0.3, 0.4) is 0 Å². The molecule has 0 atom stereocenters. The molecule has 2 N–H and O–H groups in total. The molecule has 0 amide bonds. The van der Waals surface area contributed by atoms with E-state index in [1.807, 2.05) is 33.8 Å². The minimum Gasteiger partial charge on any atom is -0.377 e. The molecule has 0 aliphatic rings. The van der Waals surface area contributed by atoms with Crippen molar-refractivity contribution in [2.75, 3.05) is 19.8 Å². The van der Waals surface area contributed by atoms with Gasteiger partial charge in [0.2, 0.25) is 0 Å². The van der Waals surface area contributed by atoms with E-state index >= 15 is 0 Å². The van der Waals surface area contributed by atoms with Crippen LogP contribution in [0, 0.1) is 0 Å². The van der Waals surface area contributed by atoms with Gasteiger partial charge in [-0.15, -0.1) is 0 Å². The van der Waals surface area contributed by atoms with Crippen LogP contribution in [0.1, 0.15) is 40.5 Å². The molecule has 0 saturated heterocycles. The van der Waals surface area contributed by atoms with Gasteiger partial charge in [0, 0.05) is 6.61 Å². The van der Waals surface area contributed by atoms with Gasteiger partial charge in [-0.3, -0.25) is 0 Å². The van der Waals surface area contributed by atoms with Crippen LogP contribution < -0.4 is 5.73 Å². The second kappa shape index (κ2) is 24.4. The summed E-state index contributed by atoms with van der Waals surface area (Å²) in [6, 6.07) is 0. The van der Waals surface area contributed by atoms with Crippen LogP contribution >= 0.6 is 0 Å². The highest BCUT2D eigenvalue weighted by molar-refractivity contribution is 5.21. The minimum atomic E-state index is 0.611. The van der Waals surface area contributed by atoms with Gasteiger partial charge in [0.1, 0.15) is 0 Å². The number of rotatable bonds is 8. The first-order valence-electron chi connectivity index (χ1n) is 6.57. The van der Waals surface area contributed by atoms with Gasteiger partial charge in [-0.1, -0.05) is 59.1 Å². The van der Waals surface area contributed by atoms with Crippen LogP contribution in [-0.2, 0) is 4.74 Å². The summed E-state index contributed by atoms with van der Waals surface area (Å²) in [6.07, 6.45) is 7.46. The second-order valence-electron chi connectivity index (χ2n) is 2.73. The summed E-state index contributed by atoms with van der Waals surface area (Å²) in [7, 11) is 0. The predicted molar refractivity (Wildman–Crippen MR) is 80.3 cm³/mol. The summed E-state index contributed by atoms with van der Waals surface area (Å²) >= 11 is 0. The quantitative estimate of drug-likeness (QED) is 0.513. The molecule has 0 fully saturated rings. The van der Waals surface area contributed by atoms with Crippen LogP contribution in [-0.4, -0.2) is 19.8 Å². The molecule has 0 rings (SSSR count). The number of unbranched alkanes of at least 4 members (excludes halogenated alkanes) is 1. The lowest BCUT2D eigenvalue weighted by Gasteiger charge is -2.03. The monoisotopic (exact) mass is 241 g/mol.